The molecule has 6 saturated heterocycles. The minimum absolute atomic E-state index is 0.892. The number of hydrogen-bond donors (Lipinski definition) is 23. The molecule has 37 heteroatoms. The molecule has 0 aromatic heterocycles. The molecule has 83 heavy (non-hydrogen) atoms. The van der Waals surface area contributed by atoms with E-state index in [0.717, 1.165) is 13.8 Å². The Morgan fingerprint density at radius 3 is 1.20 bits per heavy atom. The highest BCUT2D eigenvalue weighted by molar-refractivity contribution is 5.73. The van der Waals surface area contributed by atoms with Crippen LogP contribution in [0.25, 0.3) is 0 Å². The summed E-state index contributed by atoms with van der Waals surface area (Å²) in [6.45, 7) is -4.43. The molecule has 6 heterocycles. The summed E-state index contributed by atoms with van der Waals surface area (Å²) in [6.07, 6.45) is -64.3. The average molecular weight is 1220 g/mol. The normalized spacial score (nSPS) is 46.8. The molecule has 6 rings (SSSR count). The lowest BCUT2D eigenvalue weighted by Crippen LogP contribution is -2.72. The maximum absolute atomic E-state index is 13.3. The molecule has 34 atom stereocenters. The lowest BCUT2D eigenvalue weighted by atomic mass is 9.93. The first-order valence-corrected chi connectivity index (χ1v) is 26.4. The summed E-state index contributed by atoms with van der Waals surface area (Å²) in [4.78, 5) is 26.0. The molecule has 0 aromatic carbocycles. The van der Waals surface area contributed by atoms with Crippen molar-refractivity contribution >= 4 is 11.8 Å². The first-order valence-electron chi connectivity index (χ1n) is 26.4. The van der Waals surface area contributed by atoms with E-state index in [9.17, 15) is 117 Å². The molecule has 6 aliphatic rings. The van der Waals surface area contributed by atoms with E-state index in [0.29, 0.717) is 0 Å². The fourth-order valence-corrected chi connectivity index (χ4v) is 10.3. The van der Waals surface area contributed by atoms with E-state index in [1.54, 1.807) is 0 Å². The van der Waals surface area contributed by atoms with Crippen LogP contribution in [0.4, 0.5) is 0 Å². The van der Waals surface area contributed by atoms with Crippen LogP contribution in [-0.4, -0.2) is 374 Å². The van der Waals surface area contributed by atoms with Gasteiger partial charge in [0.05, 0.1) is 52.4 Å². The molecule has 484 valence electrons. The number of carbonyl (C=O) groups excluding carboxylic acids is 2. The van der Waals surface area contributed by atoms with Gasteiger partial charge >= 0.3 is 0 Å². The third-order valence-corrected chi connectivity index (χ3v) is 15.0. The van der Waals surface area contributed by atoms with Crippen LogP contribution in [0.3, 0.4) is 0 Å². The van der Waals surface area contributed by atoms with Gasteiger partial charge in [0.1, 0.15) is 165 Å². The Bertz CT molecular complexity index is 1990. The van der Waals surface area contributed by atoms with Crippen molar-refractivity contribution in [3.63, 3.8) is 0 Å². The quantitative estimate of drug-likeness (QED) is 0.0427. The molecule has 6 aliphatic heterocycles. The van der Waals surface area contributed by atoms with Crippen molar-refractivity contribution in [3.05, 3.63) is 0 Å². The second-order valence-corrected chi connectivity index (χ2v) is 20.8. The van der Waals surface area contributed by atoms with E-state index in [4.69, 9.17) is 56.8 Å². The zero-order valence-electron chi connectivity index (χ0n) is 44.7. The lowest BCUT2D eigenvalue weighted by Gasteiger charge is -2.52. The number of hydrogen-bond acceptors (Lipinski definition) is 35. The van der Waals surface area contributed by atoms with Gasteiger partial charge in [-0.2, -0.15) is 0 Å². The minimum Gasteiger partial charge on any atom is -0.394 e. The third-order valence-electron chi connectivity index (χ3n) is 15.0. The highest BCUT2D eigenvalue weighted by Crippen LogP contribution is 2.38. The fraction of sp³-hybridized carbons (Fsp3) is 0.957. The average Bonchev–Trinajstić information content (AvgIpc) is 3.24. The number of rotatable bonds is 24. The number of aliphatic hydroxyl groups excluding tert-OH is 21. The SMILES string of the molecule is CC(=O)N[C@H]1[C@H](O[C@H]2[C@@H](O)[C@@H](CO)O[C@@H](O[C@@H]([C@H](O)[C@@H](O)CO)[C@H](O)CO)[C@@H]2O)O[C@H](CO)[C@@H](O[C@@H]2O[C@@H](C)[C@@H](O)[C@@H](O)[C@@H]2O)[C@@H]1O[C@@H]1O[C@H](CO)[C@H](O)[C@H](O[C@@H]2O[C@H](CO)[C@@H](O)[C@H](O[C@@H]3O[C@H](CO)[C@H](O)[C@H](O)[C@H]3O)[C@H]2NC(C)=O)[C@H]1O. The van der Waals surface area contributed by atoms with Crippen LogP contribution >= 0.6 is 0 Å². The highest BCUT2D eigenvalue weighted by Gasteiger charge is 2.59. The van der Waals surface area contributed by atoms with Crippen molar-refractivity contribution in [2.75, 3.05) is 46.2 Å². The smallest absolute Gasteiger partial charge is 0.217 e. The second-order valence-electron chi connectivity index (χ2n) is 20.8. The molecule has 2 amide bonds. The summed E-state index contributed by atoms with van der Waals surface area (Å²) in [7, 11) is 0. The van der Waals surface area contributed by atoms with Crippen molar-refractivity contribution in [2.24, 2.45) is 0 Å². The molecule has 37 nitrogen and oxygen atoms in total. The summed E-state index contributed by atoms with van der Waals surface area (Å²) >= 11 is 0. The summed E-state index contributed by atoms with van der Waals surface area (Å²) in [5, 5.41) is 230. The summed E-state index contributed by atoms with van der Waals surface area (Å²) in [5.41, 5.74) is 0. The Kier molecular flexibility index (Phi) is 25.8. The predicted octanol–water partition coefficient (Wildman–Crippen LogP) is -15.3. The lowest BCUT2D eigenvalue weighted by molar-refractivity contribution is -0.394. The van der Waals surface area contributed by atoms with Crippen LogP contribution in [0.1, 0.15) is 20.8 Å². The van der Waals surface area contributed by atoms with Gasteiger partial charge in [-0.25, -0.2) is 0 Å². The Morgan fingerprint density at radius 2 is 0.735 bits per heavy atom. The monoisotopic (exact) mass is 1220 g/mol. The summed E-state index contributed by atoms with van der Waals surface area (Å²) < 4.78 is 70.4. The van der Waals surface area contributed by atoms with Crippen LogP contribution in [-0.2, 0) is 66.4 Å². The number of amides is 2. The topological polar surface area (TPSA) is 594 Å². The Morgan fingerprint density at radius 1 is 0.386 bits per heavy atom. The van der Waals surface area contributed by atoms with E-state index in [1.165, 1.54) is 6.92 Å². The zero-order valence-corrected chi connectivity index (χ0v) is 44.7. The maximum Gasteiger partial charge on any atom is 0.217 e. The molecular formula is C46H80N2O35. The van der Waals surface area contributed by atoms with E-state index in [2.05, 4.69) is 10.6 Å². The van der Waals surface area contributed by atoms with E-state index < -0.39 is 267 Å². The van der Waals surface area contributed by atoms with Crippen molar-refractivity contribution in [1.82, 2.24) is 10.6 Å². The fourth-order valence-electron chi connectivity index (χ4n) is 10.3. The minimum atomic E-state index is -2.40. The Labute approximate surface area is 471 Å². The molecule has 0 aliphatic carbocycles. The van der Waals surface area contributed by atoms with E-state index in [-0.39, 0.29) is 0 Å². The van der Waals surface area contributed by atoms with Gasteiger partial charge in [-0.3, -0.25) is 9.59 Å². The number of nitrogens with one attached hydrogen (secondary N) is 2. The van der Waals surface area contributed by atoms with Crippen LogP contribution in [0, 0.1) is 0 Å². The van der Waals surface area contributed by atoms with Crippen LogP contribution in [0.15, 0.2) is 0 Å². The molecule has 6 fully saturated rings. The first-order chi connectivity index (χ1) is 39.2. The van der Waals surface area contributed by atoms with Crippen LogP contribution in [0.2, 0.25) is 0 Å². The largest absolute Gasteiger partial charge is 0.394 e. The highest BCUT2D eigenvalue weighted by atomic mass is 16.8. The Hall–Kier alpha value is -2.38. The van der Waals surface area contributed by atoms with Gasteiger partial charge in [-0.05, 0) is 6.92 Å². The van der Waals surface area contributed by atoms with Gasteiger partial charge in [-0.15, -0.1) is 0 Å². The summed E-state index contributed by atoms with van der Waals surface area (Å²) in [5.74, 6) is -1.87. The molecule has 0 saturated carbocycles. The van der Waals surface area contributed by atoms with Crippen molar-refractivity contribution < 1.29 is 174 Å². The van der Waals surface area contributed by atoms with Gasteiger partial charge in [0.25, 0.3) is 0 Å². The van der Waals surface area contributed by atoms with Crippen molar-refractivity contribution in [3.8, 4) is 0 Å². The van der Waals surface area contributed by atoms with Crippen molar-refractivity contribution in [1.29, 1.82) is 0 Å². The maximum atomic E-state index is 13.3. The van der Waals surface area contributed by atoms with Gasteiger partial charge in [0.15, 0.2) is 37.7 Å². The molecular weight excluding hydrogens is 1140 g/mol. The number of carbonyl (C=O) groups is 2. The number of aliphatic hydroxyl groups is 21. The van der Waals surface area contributed by atoms with Gasteiger partial charge in [0, 0.05) is 13.8 Å². The van der Waals surface area contributed by atoms with Crippen LogP contribution < -0.4 is 10.6 Å². The number of ether oxygens (including phenoxy) is 12. The second kappa shape index (κ2) is 30.7. The van der Waals surface area contributed by atoms with Gasteiger partial charge < -0.3 is 175 Å². The molecule has 0 spiro atoms. The molecule has 0 aromatic rings. The molecule has 23 N–H and O–H groups in total. The van der Waals surface area contributed by atoms with Crippen molar-refractivity contribution in [2.45, 2.75) is 229 Å². The standard InChI is InChI=1S/C46H80N2O35/c1-11-23(60)29(66)31(68)43(72-11)79-36-20(10-55)77-42(83-39-27(64)18(8-53)75-45(33(39)70)78-35(15(59)5-50)24(61)14(58)4-49)22(48-13(3)57)38(36)81-46-34(71)40(28(65)19(9-54)76-46)82-41-21(47-12(2)56)37(26(63)17(7-52)73-41)80-44-32(69)30(67)25(62)16(6-51)74-44/h11,14-46,49-55,58-71H,4-10H2,1-3H3,(H,47,56)(H,48,57)/t11-,14-,15+,16+,17+,18+,19+,20+,21+,22+,23+,24+,25-,26+,27-,28-,29+,30-,31-,32+,33+,34+,35+,36+,37+,38+,39-,40-,41-,42-,43-,44-,45-,46-/m0/s1. The van der Waals surface area contributed by atoms with E-state index >= 15 is 0 Å². The first kappa shape index (κ1) is 69.7. The summed E-state index contributed by atoms with van der Waals surface area (Å²) in [6, 6.07) is -3.80. The predicted molar refractivity (Wildman–Crippen MR) is 256 cm³/mol. The van der Waals surface area contributed by atoms with Gasteiger partial charge in [-0.1, -0.05) is 0 Å². The molecule has 0 bridgehead atoms. The zero-order chi connectivity index (χ0) is 61.6. The molecule has 0 unspecified atom stereocenters. The third kappa shape index (κ3) is 15.6. The molecule has 0 radical (unpaired) electrons. The van der Waals surface area contributed by atoms with E-state index in [1.807, 2.05) is 0 Å². The van der Waals surface area contributed by atoms with Crippen LogP contribution in [0.5, 0.6) is 0 Å². The van der Waals surface area contributed by atoms with Gasteiger partial charge in [0.2, 0.25) is 11.8 Å². The Balaban J connectivity index is 1.39.